The molecule has 96 valence electrons. The second-order valence-electron chi connectivity index (χ2n) is 3.85. The lowest BCUT2D eigenvalue weighted by atomic mass is 10.2. The molecule has 0 bridgehead atoms. The molecule has 0 fully saturated rings. The Morgan fingerprint density at radius 1 is 1.22 bits per heavy atom. The highest BCUT2D eigenvalue weighted by molar-refractivity contribution is 7.92. The van der Waals surface area contributed by atoms with E-state index in [2.05, 4.69) is 0 Å². The number of ether oxygens (including phenoxy) is 1. The van der Waals surface area contributed by atoms with E-state index in [1.807, 2.05) is 37.3 Å². The highest BCUT2D eigenvalue weighted by Gasteiger charge is 2.11. The second kappa shape index (κ2) is 5.12. The van der Waals surface area contributed by atoms with Gasteiger partial charge in [0.05, 0.1) is 6.61 Å². The number of rotatable bonds is 4. The van der Waals surface area contributed by atoms with Gasteiger partial charge >= 0.3 is 0 Å². The Morgan fingerprint density at radius 3 is 2.61 bits per heavy atom. The van der Waals surface area contributed by atoms with E-state index in [4.69, 9.17) is 4.74 Å². The number of sulfone groups is 1. The zero-order valence-corrected chi connectivity index (χ0v) is 11.8. The van der Waals surface area contributed by atoms with Crippen LogP contribution in [0.4, 0.5) is 0 Å². The fraction of sp³-hybridized carbons (Fsp3) is 0.231. The molecule has 2 rings (SSSR count). The molecule has 0 N–H and O–H groups in total. The van der Waals surface area contributed by atoms with Crippen LogP contribution < -0.4 is 4.74 Å². The molecule has 0 atom stereocenters. The molecule has 0 spiro atoms. The second-order valence-corrected chi connectivity index (χ2v) is 7.18. The van der Waals surface area contributed by atoms with E-state index in [1.54, 1.807) is 6.07 Å². The largest absolute Gasteiger partial charge is 0.494 e. The van der Waals surface area contributed by atoms with E-state index in [9.17, 15) is 8.42 Å². The molecular formula is C13H14O3S2. The summed E-state index contributed by atoms with van der Waals surface area (Å²) >= 11 is 1.28. The molecule has 0 aliphatic carbocycles. The number of hydrogen-bond donors (Lipinski definition) is 0. The number of hydrogen-bond acceptors (Lipinski definition) is 4. The van der Waals surface area contributed by atoms with Gasteiger partial charge in [-0.05, 0) is 36.8 Å². The Kier molecular flexibility index (Phi) is 3.73. The van der Waals surface area contributed by atoms with Gasteiger partial charge in [-0.25, -0.2) is 8.42 Å². The van der Waals surface area contributed by atoms with Crippen molar-refractivity contribution >= 4 is 21.2 Å². The van der Waals surface area contributed by atoms with E-state index in [0.29, 0.717) is 10.8 Å². The lowest BCUT2D eigenvalue weighted by Crippen LogP contribution is -1.91. The third-order valence-corrected chi connectivity index (χ3v) is 5.33. The van der Waals surface area contributed by atoms with E-state index < -0.39 is 9.84 Å². The van der Waals surface area contributed by atoms with Crippen molar-refractivity contribution in [3.05, 3.63) is 36.4 Å². The summed E-state index contributed by atoms with van der Waals surface area (Å²) in [6.45, 7) is 2.54. The summed E-state index contributed by atoms with van der Waals surface area (Å²) in [5.74, 6) is 0.796. The van der Waals surface area contributed by atoms with Crippen molar-refractivity contribution < 1.29 is 13.2 Å². The van der Waals surface area contributed by atoms with Gasteiger partial charge in [-0.2, -0.15) is 0 Å². The minimum absolute atomic E-state index is 0.388. The molecule has 5 heteroatoms. The van der Waals surface area contributed by atoms with Gasteiger partial charge in [-0.3, -0.25) is 0 Å². The lowest BCUT2D eigenvalue weighted by Gasteiger charge is -2.04. The quantitative estimate of drug-likeness (QED) is 0.864. The normalized spacial score (nSPS) is 11.4. The summed E-state index contributed by atoms with van der Waals surface area (Å²) in [5.41, 5.74) is 0.973. The van der Waals surface area contributed by atoms with E-state index in [0.717, 1.165) is 16.2 Å². The molecule has 0 radical (unpaired) electrons. The van der Waals surface area contributed by atoms with Gasteiger partial charge in [0.1, 0.15) is 9.96 Å². The maximum Gasteiger partial charge on any atom is 0.184 e. The first-order valence-corrected chi connectivity index (χ1v) is 8.24. The molecule has 0 saturated heterocycles. The van der Waals surface area contributed by atoms with Gasteiger partial charge in [0.15, 0.2) is 9.84 Å². The minimum atomic E-state index is -3.12. The van der Waals surface area contributed by atoms with Crippen molar-refractivity contribution in [2.45, 2.75) is 11.1 Å². The molecule has 3 nitrogen and oxygen atoms in total. The lowest BCUT2D eigenvalue weighted by molar-refractivity contribution is 0.340. The van der Waals surface area contributed by atoms with Crippen molar-refractivity contribution in [1.82, 2.24) is 0 Å². The predicted octanol–water partition coefficient (Wildman–Crippen LogP) is 3.22. The third-order valence-electron chi connectivity index (χ3n) is 2.38. The maximum absolute atomic E-state index is 11.4. The van der Waals surface area contributed by atoms with Crippen LogP contribution >= 0.6 is 11.3 Å². The standard InChI is InChI=1S/C13H14O3S2/c1-3-16-11-6-4-5-10(9-11)12-7-8-13(17-12)18(2,14)15/h4-9H,3H2,1-2H3. The van der Waals surface area contributed by atoms with Crippen molar-refractivity contribution in [2.24, 2.45) is 0 Å². The monoisotopic (exact) mass is 282 g/mol. The number of benzene rings is 1. The fourth-order valence-electron chi connectivity index (χ4n) is 1.58. The van der Waals surface area contributed by atoms with Crippen molar-refractivity contribution in [3.63, 3.8) is 0 Å². The molecule has 0 aliphatic heterocycles. The Balaban J connectivity index is 2.37. The Labute approximate surface area is 111 Å². The topological polar surface area (TPSA) is 43.4 Å². The molecule has 1 aromatic carbocycles. The summed E-state index contributed by atoms with van der Waals surface area (Å²) in [6, 6.07) is 11.1. The molecule has 0 amide bonds. The van der Waals surface area contributed by atoms with E-state index in [1.165, 1.54) is 17.6 Å². The number of thiophene rings is 1. The fourth-order valence-corrected chi connectivity index (χ4v) is 3.50. The van der Waals surface area contributed by atoms with Crippen LogP contribution in [0, 0.1) is 0 Å². The Bertz CT molecular complexity index is 642. The zero-order valence-electron chi connectivity index (χ0n) is 10.2. The summed E-state index contributed by atoms with van der Waals surface area (Å²) in [6.07, 6.45) is 1.22. The Hall–Kier alpha value is -1.33. The van der Waals surface area contributed by atoms with Crippen LogP contribution in [0.1, 0.15) is 6.92 Å². The summed E-state index contributed by atoms with van der Waals surface area (Å²) in [5, 5.41) is 0. The van der Waals surface area contributed by atoms with Crippen LogP contribution in [0.5, 0.6) is 5.75 Å². The van der Waals surface area contributed by atoms with Crippen molar-refractivity contribution in [2.75, 3.05) is 12.9 Å². The molecule has 18 heavy (non-hydrogen) atoms. The average Bonchev–Trinajstić information content (AvgIpc) is 2.78. The molecule has 0 aliphatic rings. The highest BCUT2D eigenvalue weighted by Crippen LogP contribution is 2.32. The molecule has 2 aromatic rings. The minimum Gasteiger partial charge on any atom is -0.494 e. The van der Waals surface area contributed by atoms with Gasteiger partial charge in [-0.15, -0.1) is 11.3 Å². The molecule has 1 aromatic heterocycles. The first-order chi connectivity index (χ1) is 8.50. The molecule has 1 heterocycles. The van der Waals surface area contributed by atoms with Gasteiger partial charge in [0, 0.05) is 11.1 Å². The van der Waals surface area contributed by atoms with Gasteiger partial charge in [-0.1, -0.05) is 12.1 Å². The van der Waals surface area contributed by atoms with Gasteiger partial charge in [0.25, 0.3) is 0 Å². The Morgan fingerprint density at radius 2 is 2.00 bits per heavy atom. The van der Waals surface area contributed by atoms with E-state index >= 15 is 0 Å². The van der Waals surface area contributed by atoms with Gasteiger partial charge in [0.2, 0.25) is 0 Å². The van der Waals surface area contributed by atoms with Crippen LogP contribution in [-0.2, 0) is 9.84 Å². The first kappa shape index (κ1) is 13.1. The van der Waals surface area contributed by atoms with Crippen LogP contribution in [0.25, 0.3) is 10.4 Å². The van der Waals surface area contributed by atoms with Crippen molar-refractivity contribution in [1.29, 1.82) is 0 Å². The molecule has 0 saturated carbocycles. The summed E-state index contributed by atoms with van der Waals surface area (Å²) < 4.78 is 28.7. The van der Waals surface area contributed by atoms with Crippen LogP contribution in [0.3, 0.4) is 0 Å². The third kappa shape index (κ3) is 2.91. The van der Waals surface area contributed by atoms with Crippen LogP contribution in [0.15, 0.2) is 40.6 Å². The first-order valence-electron chi connectivity index (χ1n) is 5.54. The highest BCUT2D eigenvalue weighted by atomic mass is 32.2. The summed E-state index contributed by atoms with van der Waals surface area (Å²) in [7, 11) is -3.12. The van der Waals surface area contributed by atoms with Gasteiger partial charge < -0.3 is 4.74 Å². The average molecular weight is 282 g/mol. The van der Waals surface area contributed by atoms with Crippen LogP contribution in [-0.4, -0.2) is 21.3 Å². The van der Waals surface area contributed by atoms with Crippen LogP contribution in [0.2, 0.25) is 0 Å². The SMILES string of the molecule is CCOc1cccc(-c2ccc(S(C)(=O)=O)s2)c1. The predicted molar refractivity (Wildman–Crippen MR) is 74.0 cm³/mol. The molecular weight excluding hydrogens is 268 g/mol. The maximum atomic E-state index is 11.4. The summed E-state index contributed by atoms with van der Waals surface area (Å²) in [4.78, 5) is 0.928. The van der Waals surface area contributed by atoms with E-state index in [-0.39, 0.29) is 0 Å². The zero-order chi connectivity index (χ0) is 13.2. The smallest absolute Gasteiger partial charge is 0.184 e. The molecule has 0 unspecified atom stereocenters. The van der Waals surface area contributed by atoms with Crippen molar-refractivity contribution in [3.8, 4) is 16.2 Å².